The fraction of sp³-hybridized carbons (Fsp3) is 0.278. The molecule has 0 saturated carbocycles. The van der Waals surface area contributed by atoms with Crippen LogP contribution < -0.4 is 5.32 Å². The van der Waals surface area contributed by atoms with Gasteiger partial charge in [0.25, 0.3) is 0 Å². The van der Waals surface area contributed by atoms with Gasteiger partial charge < -0.3 is 15.3 Å². The van der Waals surface area contributed by atoms with Crippen molar-refractivity contribution >= 4 is 17.3 Å². The number of hydrogen-bond acceptors (Lipinski definition) is 3. The first-order chi connectivity index (χ1) is 10.5. The maximum absolute atomic E-state index is 11.7. The van der Waals surface area contributed by atoms with Crippen LogP contribution in [0.5, 0.6) is 0 Å². The molecule has 116 valence electrons. The molecule has 0 spiro atoms. The van der Waals surface area contributed by atoms with Crippen molar-refractivity contribution in [2.75, 3.05) is 19.4 Å². The Morgan fingerprint density at radius 2 is 1.82 bits per heavy atom. The molecule has 0 saturated heterocycles. The van der Waals surface area contributed by atoms with Crippen LogP contribution in [0, 0.1) is 0 Å². The van der Waals surface area contributed by atoms with E-state index in [9.17, 15) is 9.90 Å². The molecule has 0 fully saturated rings. The highest BCUT2D eigenvalue weighted by molar-refractivity contribution is 5.78. The second-order valence-electron chi connectivity index (χ2n) is 5.59. The van der Waals surface area contributed by atoms with E-state index < -0.39 is 6.10 Å². The number of aliphatic hydroxyl groups excluding tert-OH is 1. The predicted octanol–water partition coefficient (Wildman–Crippen LogP) is 3.11. The lowest BCUT2D eigenvalue weighted by molar-refractivity contribution is -0.127. The number of amides is 1. The number of nitrogens with one attached hydrogen (secondary N) is 1. The first-order valence-corrected chi connectivity index (χ1v) is 7.30. The zero-order valence-electron chi connectivity index (χ0n) is 13.2. The molecule has 0 aliphatic heterocycles. The van der Waals surface area contributed by atoms with Crippen molar-refractivity contribution in [1.82, 2.24) is 4.90 Å². The van der Waals surface area contributed by atoms with E-state index in [1.165, 1.54) is 0 Å². The third-order valence-corrected chi connectivity index (χ3v) is 3.47. The molecule has 2 aromatic rings. The van der Waals surface area contributed by atoms with Crippen molar-refractivity contribution in [2.45, 2.75) is 19.4 Å². The largest absolute Gasteiger partial charge is 0.389 e. The highest BCUT2D eigenvalue weighted by Gasteiger charge is 2.06. The fourth-order valence-electron chi connectivity index (χ4n) is 2.08. The smallest absolute Gasteiger partial charge is 0.226 e. The second-order valence-corrected chi connectivity index (χ2v) is 5.59. The Hall–Kier alpha value is -2.33. The summed E-state index contributed by atoms with van der Waals surface area (Å²) in [4.78, 5) is 13.3. The van der Waals surface area contributed by atoms with Crippen LogP contribution in [0.15, 0.2) is 48.5 Å². The van der Waals surface area contributed by atoms with Crippen LogP contribution in [-0.4, -0.2) is 30.0 Å². The van der Waals surface area contributed by atoms with E-state index in [4.69, 9.17) is 0 Å². The molecule has 1 atom stereocenters. The van der Waals surface area contributed by atoms with Gasteiger partial charge in [0.05, 0.1) is 12.5 Å². The topological polar surface area (TPSA) is 52.6 Å². The molecule has 0 aliphatic rings. The predicted molar refractivity (Wildman–Crippen MR) is 89.2 cm³/mol. The van der Waals surface area contributed by atoms with Gasteiger partial charge in [-0.25, -0.2) is 0 Å². The molecule has 22 heavy (non-hydrogen) atoms. The van der Waals surface area contributed by atoms with E-state index in [0.29, 0.717) is 6.42 Å². The number of hydrogen-bond donors (Lipinski definition) is 2. The molecular weight excluding hydrogens is 276 g/mol. The molecule has 4 heteroatoms. The highest BCUT2D eigenvalue weighted by Crippen LogP contribution is 2.21. The van der Waals surface area contributed by atoms with Crippen molar-refractivity contribution in [3.63, 3.8) is 0 Å². The summed E-state index contributed by atoms with van der Waals surface area (Å²) in [5.41, 5.74) is 3.74. The third kappa shape index (κ3) is 4.33. The van der Waals surface area contributed by atoms with Gasteiger partial charge in [0, 0.05) is 25.5 Å². The molecule has 1 amide bonds. The molecule has 1 unspecified atom stereocenters. The molecule has 2 N–H and O–H groups in total. The minimum absolute atomic E-state index is 0.0883. The van der Waals surface area contributed by atoms with Crippen LogP contribution in [0.2, 0.25) is 0 Å². The molecule has 0 heterocycles. The summed E-state index contributed by atoms with van der Waals surface area (Å²) >= 11 is 0. The van der Waals surface area contributed by atoms with Crippen LogP contribution in [0.3, 0.4) is 0 Å². The zero-order chi connectivity index (χ0) is 16.1. The van der Waals surface area contributed by atoms with Crippen molar-refractivity contribution in [3.05, 3.63) is 59.7 Å². The Bertz CT molecular complexity index is 634. The minimum Gasteiger partial charge on any atom is -0.389 e. The summed E-state index contributed by atoms with van der Waals surface area (Å²) in [5, 5.41) is 12.9. The Kier molecular flexibility index (Phi) is 5.17. The summed E-state index contributed by atoms with van der Waals surface area (Å²) in [6.45, 7) is 1.75. The maximum atomic E-state index is 11.7. The van der Waals surface area contributed by atoms with E-state index in [-0.39, 0.29) is 5.91 Å². The molecule has 4 nitrogen and oxygen atoms in total. The van der Waals surface area contributed by atoms with Gasteiger partial charge in [-0.3, -0.25) is 4.79 Å². The molecule has 0 radical (unpaired) electrons. The van der Waals surface area contributed by atoms with Crippen LogP contribution in [0.4, 0.5) is 11.4 Å². The fourth-order valence-corrected chi connectivity index (χ4v) is 2.08. The van der Waals surface area contributed by atoms with Crippen molar-refractivity contribution in [2.24, 2.45) is 0 Å². The number of anilines is 2. The summed E-state index contributed by atoms with van der Waals surface area (Å²) < 4.78 is 0. The van der Waals surface area contributed by atoms with Gasteiger partial charge in [-0.15, -0.1) is 0 Å². The van der Waals surface area contributed by atoms with Crippen LogP contribution in [0.25, 0.3) is 0 Å². The Labute approximate surface area is 131 Å². The van der Waals surface area contributed by atoms with E-state index in [0.717, 1.165) is 22.5 Å². The maximum Gasteiger partial charge on any atom is 0.226 e. The van der Waals surface area contributed by atoms with Gasteiger partial charge in [0.15, 0.2) is 0 Å². The number of carbonyl (C=O) groups excluding carboxylic acids is 1. The molecule has 2 rings (SSSR count). The van der Waals surface area contributed by atoms with Gasteiger partial charge in [-0.05, 0) is 42.3 Å². The number of aliphatic hydroxyl groups is 1. The van der Waals surface area contributed by atoms with Gasteiger partial charge in [-0.1, -0.05) is 24.3 Å². The molecular formula is C18H22N2O2. The third-order valence-electron chi connectivity index (χ3n) is 3.47. The summed E-state index contributed by atoms with van der Waals surface area (Å²) in [5.74, 6) is 0.0883. The van der Waals surface area contributed by atoms with E-state index in [2.05, 4.69) is 5.32 Å². The van der Waals surface area contributed by atoms with Crippen molar-refractivity contribution in [3.8, 4) is 0 Å². The monoisotopic (exact) mass is 298 g/mol. The summed E-state index contributed by atoms with van der Waals surface area (Å²) in [7, 11) is 3.51. The lowest BCUT2D eigenvalue weighted by Gasteiger charge is -2.12. The quantitative estimate of drug-likeness (QED) is 0.891. The lowest BCUT2D eigenvalue weighted by Crippen LogP contribution is -2.23. The van der Waals surface area contributed by atoms with Gasteiger partial charge in [0.2, 0.25) is 5.91 Å². The normalized spacial score (nSPS) is 11.8. The molecule has 0 aromatic heterocycles. The van der Waals surface area contributed by atoms with Crippen LogP contribution in [0.1, 0.15) is 24.2 Å². The average molecular weight is 298 g/mol. The highest BCUT2D eigenvalue weighted by atomic mass is 16.3. The Morgan fingerprint density at radius 1 is 1.14 bits per heavy atom. The van der Waals surface area contributed by atoms with E-state index in [1.54, 1.807) is 25.9 Å². The van der Waals surface area contributed by atoms with Crippen LogP contribution >= 0.6 is 0 Å². The van der Waals surface area contributed by atoms with Crippen molar-refractivity contribution in [1.29, 1.82) is 0 Å². The minimum atomic E-state index is -0.485. The van der Waals surface area contributed by atoms with Gasteiger partial charge in [-0.2, -0.15) is 0 Å². The zero-order valence-corrected chi connectivity index (χ0v) is 13.2. The molecule has 2 aromatic carbocycles. The molecule has 0 aliphatic carbocycles. The average Bonchev–Trinajstić information content (AvgIpc) is 2.49. The standard InChI is InChI=1S/C18H22N2O2/c1-13(21)15-5-4-6-17(12-15)19-16-9-7-14(8-10-16)11-18(22)20(2)3/h4-10,12-13,19,21H,11H2,1-3H3. The van der Waals surface area contributed by atoms with E-state index >= 15 is 0 Å². The number of rotatable bonds is 5. The SMILES string of the molecule is CC(O)c1cccc(Nc2ccc(CC(=O)N(C)C)cc2)c1. The van der Waals surface area contributed by atoms with Gasteiger partial charge in [0.1, 0.15) is 0 Å². The molecule has 0 bridgehead atoms. The Balaban J connectivity index is 2.05. The van der Waals surface area contributed by atoms with Gasteiger partial charge >= 0.3 is 0 Å². The van der Waals surface area contributed by atoms with Crippen molar-refractivity contribution < 1.29 is 9.90 Å². The van der Waals surface area contributed by atoms with Crippen LogP contribution in [-0.2, 0) is 11.2 Å². The first kappa shape index (κ1) is 16.0. The Morgan fingerprint density at radius 3 is 2.41 bits per heavy atom. The lowest BCUT2D eigenvalue weighted by atomic mass is 10.1. The number of nitrogens with zero attached hydrogens (tertiary/aromatic N) is 1. The van der Waals surface area contributed by atoms with E-state index in [1.807, 2.05) is 48.5 Å². The number of benzene rings is 2. The number of likely N-dealkylation sites (N-methyl/N-ethyl adjacent to an activating group) is 1. The summed E-state index contributed by atoms with van der Waals surface area (Å²) in [6, 6.07) is 15.5. The number of carbonyl (C=O) groups is 1. The second kappa shape index (κ2) is 7.09. The first-order valence-electron chi connectivity index (χ1n) is 7.30. The summed E-state index contributed by atoms with van der Waals surface area (Å²) in [6.07, 6.45) is -0.0775.